The maximum absolute atomic E-state index is 13.9. The number of benzene rings is 1. The van der Waals surface area contributed by atoms with Crippen LogP contribution in [0.1, 0.15) is 61.7 Å². The Kier molecular flexibility index (Phi) is 8.96. The van der Waals surface area contributed by atoms with Crippen molar-refractivity contribution in [2.45, 2.75) is 57.4 Å². The van der Waals surface area contributed by atoms with Gasteiger partial charge in [0.1, 0.15) is 11.6 Å². The van der Waals surface area contributed by atoms with Crippen LogP contribution in [-0.2, 0) is 9.53 Å². The Hall–Kier alpha value is -1.86. The van der Waals surface area contributed by atoms with Crippen LogP contribution in [0.2, 0.25) is 0 Å². The number of hydrogen-bond donors (Lipinski definition) is 1. The van der Waals surface area contributed by atoms with Crippen LogP contribution in [0.3, 0.4) is 0 Å². The number of amides is 1. The zero-order valence-electron chi connectivity index (χ0n) is 18.4. The molecule has 0 radical (unpaired) electrons. The number of methoxy groups -OCH3 is 1. The van der Waals surface area contributed by atoms with Gasteiger partial charge in [-0.2, -0.15) is 0 Å². The van der Waals surface area contributed by atoms with E-state index in [0.717, 1.165) is 76.7 Å². The number of rotatable bonds is 9. The van der Waals surface area contributed by atoms with Crippen LogP contribution >= 0.6 is 0 Å². The minimum Gasteiger partial charge on any atom is -0.384 e. The second-order valence-electron chi connectivity index (χ2n) is 8.92. The third kappa shape index (κ3) is 7.07. The largest absolute Gasteiger partial charge is 0.384 e. The summed E-state index contributed by atoms with van der Waals surface area (Å²) in [6.45, 7) is 3.15. The molecule has 1 saturated heterocycles. The van der Waals surface area contributed by atoms with Gasteiger partial charge in [-0.3, -0.25) is 9.59 Å². The molecule has 1 aromatic carbocycles. The lowest BCUT2D eigenvalue weighted by Crippen LogP contribution is -2.39. The van der Waals surface area contributed by atoms with Crippen LogP contribution in [0.15, 0.2) is 18.2 Å². The van der Waals surface area contributed by atoms with Gasteiger partial charge >= 0.3 is 0 Å². The first-order valence-electron chi connectivity index (χ1n) is 11.5. The number of ketones is 1. The minimum absolute atomic E-state index is 0.00548. The van der Waals surface area contributed by atoms with Crippen LogP contribution in [-0.4, -0.2) is 56.0 Å². The third-order valence-electron chi connectivity index (χ3n) is 6.75. The Morgan fingerprint density at radius 3 is 2.45 bits per heavy atom. The van der Waals surface area contributed by atoms with E-state index >= 15 is 0 Å². The molecule has 0 bridgehead atoms. The van der Waals surface area contributed by atoms with E-state index in [-0.39, 0.29) is 29.2 Å². The molecule has 1 aliphatic heterocycles. The lowest BCUT2D eigenvalue weighted by Gasteiger charge is -2.34. The summed E-state index contributed by atoms with van der Waals surface area (Å²) < 4.78 is 31.9. The molecule has 0 atom stereocenters. The molecule has 1 aromatic rings. The van der Waals surface area contributed by atoms with Crippen molar-refractivity contribution < 1.29 is 23.1 Å². The smallest absolute Gasteiger partial charge is 0.222 e. The first-order valence-corrected chi connectivity index (χ1v) is 11.5. The highest BCUT2D eigenvalue weighted by Gasteiger charge is 2.28. The van der Waals surface area contributed by atoms with Crippen molar-refractivity contribution in [1.82, 2.24) is 10.2 Å². The van der Waals surface area contributed by atoms with Gasteiger partial charge in [-0.1, -0.05) is 0 Å². The Labute approximate surface area is 183 Å². The number of carbonyl (C=O) groups excluding carboxylic acids is 2. The lowest BCUT2D eigenvalue weighted by molar-refractivity contribution is -0.122. The van der Waals surface area contributed by atoms with E-state index in [9.17, 15) is 18.4 Å². The number of piperidine rings is 1. The van der Waals surface area contributed by atoms with Crippen molar-refractivity contribution in [2.75, 3.05) is 33.4 Å². The number of carbonyl (C=O) groups is 2. The standard InChI is InChI=1S/C24H34F2N2O3/c1-31-15-11-23(29)27-20-5-2-17(3-6-20)8-12-28-13-9-18(10-14-28)24(30)21-7-4-19(25)16-22(21)26/h4,7,16-18,20H,2-3,5-6,8-15H2,1H3,(H,27,29)/t17-,20-. The highest BCUT2D eigenvalue weighted by atomic mass is 19.1. The fraction of sp³-hybridized carbons (Fsp3) is 0.667. The fourth-order valence-corrected chi connectivity index (χ4v) is 4.78. The van der Waals surface area contributed by atoms with Crippen molar-refractivity contribution in [3.63, 3.8) is 0 Å². The maximum Gasteiger partial charge on any atom is 0.222 e. The summed E-state index contributed by atoms with van der Waals surface area (Å²) in [6.07, 6.45) is 7.32. The highest BCUT2D eigenvalue weighted by molar-refractivity contribution is 5.98. The number of Topliss-reactive ketones (excluding diaryl/α,β-unsaturated/α-hetero) is 1. The molecule has 1 aliphatic carbocycles. The average molecular weight is 437 g/mol. The van der Waals surface area contributed by atoms with Gasteiger partial charge in [0.05, 0.1) is 12.2 Å². The molecule has 1 heterocycles. The number of likely N-dealkylation sites (tertiary alicyclic amines) is 1. The summed E-state index contributed by atoms with van der Waals surface area (Å²) in [5.74, 6) is -1.07. The summed E-state index contributed by atoms with van der Waals surface area (Å²) in [5, 5.41) is 3.11. The van der Waals surface area contributed by atoms with E-state index in [0.29, 0.717) is 18.9 Å². The monoisotopic (exact) mass is 436 g/mol. The number of nitrogens with one attached hydrogen (secondary N) is 1. The summed E-state index contributed by atoms with van der Waals surface area (Å²) in [4.78, 5) is 26.8. The molecular formula is C24H34F2N2O3. The van der Waals surface area contributed by atoms with Crippen molar-refractivity contribution >= 4 is 11.7 Å². The van der Waals surface area contributed by atoms with E-state index in [4.69, 9.17) is 4.74 Å². The van der Waals surface area contributed by atoms with Crippen LogP contribution in [0.25, 0.3) is 0 Å². The number of hydrogen-bond acceptors (Lipinski definition) is 4. The molecular weight excluding hydrogens is 402 g/mol. The first-order chi connectivity index (χ1) is 15.0. The van der Waals surface area contributed by atoms with Gasteiger partial charge in [-0.25, -0.2) is 8.78 Å². The Balaban J connectivity index is 1.34. The number of ether oxygens (including phenoxy) is 1. The molecule has 2 fully saturated rings. The third-order valence-corrected chi connectivity index (χ3v) is 6.75. The Morgan fingerprint density at radius 1 is 1.10 bits per heavy atom. The molecule has 1 saturated carbocycles. The predicted octanol–water partition coefficient (Wildman–Crippen LogP) is 3.96. The molecule has 0 aromatic heterocycles. The van der Waals surface area contributed by atoms with E-state index in [1.807, 2.05) is 0 Å². The molecule has 1 amide bonds. The molecule has 2 aliphatic rings. The second-order valence-corrected chi connectivity index (χ2v) is 8.92. The zero-order valence-corrected chi connectivity index (χ0v) is 18.4. The van der Waals surface area contributed by atoms with E-state index in [2.05, 4.69) is 10.2 Å². The normalized spacial score (nSPS) is 22.9. The van der Waals surface area contributed by atoms with Crippen LogP contribution in [0.5, 0.6) is 0 Å². The molecule has 0 spiro atoms. The van der Waals surface area contributed by atoms with Crippen LogP contribution in [0.4, 0.5) is 8.78 Å². The molecule has 7 heteroatoms. The van der Waals surface area contributed by atoms with Crippen molar-refractivity contribution in [3.05, 3.63) is 35.4 Å². The fourth-order valence-electron chi connectivity index (χ4n) is 4.78. The quantitative estimate of drug-likeness (QED) is 0.596. The van der Waals surface area contributed by atoms with E-state index in [1.54, 1.807) is 7.11 Å². The number of halogens is 2. The average Bonchev–Trinajstić information content (AvgIpc) is 2.77. The maximum atomic E-state index is 13.9. The Morgan fingerprint density at radius 2 is 1.81 bits per heavy atom. The molecule has 172 valence electrons. The first kappa shape index (κ1) is 23.8. The second kappa shape index (κ2) is 11.7. The summed E-state index contributed by atoms with van der Waals surface area (Å²) in [5.41, 5.74) is 0.00548. The number of nitrogens with zero attached hydrogens (tertiary/aromatic N) is 1. The van der Waals surface area contributed by atoms with Gasteiger partial charge in [0.25, 0.3) is 0 Å². The van der Waals surface area contributed by atoms with Crippen molar-refractivity contribution in [3.8, 4) is 0 Å². The lowest BCUT2D eigenvalue weighted by atomic mass is 9.83. The minimum atomic E-state index is -0.766. The van der Waals surface area contributed by atoms with Crippen LogP contribution in [0, 0.1) is 23.5 Å². The SMILES string of the molecule is COCCC(=O)N[C@H]1CC[C@H](CCN2CCC(C(=O)c3ccc(F)cc3F)CC2)CC1. The van der Waals surface area contributed by atoms with Gasteiger partial charge in [-0.05, 0) is 82.6 Å². The molecule has 0 unspecified atom stereocenters. The predicted molar refractivity (Wildman–Crippen MR) is 115 cm³/mol. The van der Waals surface area contributed by atoms with E-state index < -0.39 is 11.6 Å². The topological polar surface area (TPSA) is 58.6 Å². The molecule has 5 nitrogen and oxygen atoms in total. The van der Waals surface area contributed by atoms with Gasteiger partial charge < -0.3 is 15.0 Å². The summed E-state index contributed by atoms with van der Waals surface area (Å²) >= 11 is 0. The highest BCUT2D eigenvalue weighted by Crippen LogP contribution is 2.29. The summed E-state index contributed by atoms with van der Waals surface area (Å²) in [7, 11) is 1.60. The van der Waals surface area contributed by atoms with Gasteiger partial charge in [0.2, 0.25) is 5.91 Å². The van der Waals surface area contributed by atoms with Gasteiger partial charge in [0, 0.05) is 31.6 Å². The van der Waals surface area contributed by atoms with Crippen LogP contribution < -0.4 is 5.32 Å². The molecule has 3 rings (SSSR count). The zero-order chi connectivity index (χ0) is 22.2. The van der Waals surface area contributed by atoms with Crippen molar-refractivity contribution in [2.24, 2.45) is 11.8 Å². The van der Waals surface area contributed by atoms with Gasteiger partial charge in [-0.15, -0.1) is 0 Å². The Bertz CT molecular complexity index is 742. The van der Waals surface area contributed by atoms with E-state index in [1.165, 1.54) is 6.07 Å². The summed E-state index contributed by atoms with van der Waals surface area (Å²) in [6, 6.07) is 3.47. The van der Waals surface area contributed by atoms with Crippen molar-refractivity contribution in [1.29, 1.82) is 0 Å². The van der Waals surface area contributed by atoms with Gasteiger partial charge in [0.15, 0.2) is 5.78 Å². The molecule has 31 heavy (non-hydrogen) atoms. The molecule has 1 N–H and O–H groups in total.